The van der Waals surface area contributed by atoms with E-state index in [4.69, 9.17) is 0 Å². The summed E-state index contributed by atoms with van der Waals surface area (Å²) in [7, 11) is 2.02. The van der Waals surface area contributed by atoms with Crippen molar-refractivity contribution in [1.29, 1.82) is 0 Å². The van der Waals surface area contributed by atoms with Gasteiger partial charge in [0.2, 0.25) is 0 Å². The monoisotopic (exact) mass is 309 g/mol. The zero-order valence-electron chi connectivity index (χ0n) is 10.0. The molecule has 0 bridgehead atoms. The van der Waals surface area contributed by atoms with Gasteiger partial charge in [-0.15, -0.1) is 11.3 Å². The van der Waals surface area contributed by atoms with E-state index >= 15 is 0 Å². The zero-order chi connectivity index (χ0) is 12.3. The number of rotatable bonds is 4. The summed E-state index contributed by atoms with van der Waals surface area (Å²) in [6, 6.07) is 13.2. The van der Waals surface area contributed by atoms with Gasteiger partial charge < -0.3 is 5.32 Å². The Morgan fingerprint density at radius 3 is 2.53 bits per heavy atom. The first-order valence-electron chi connectivity index (χ1n) is 5.67. The molecule has 1 aromatic carbocycles. The molecule has 0 aliphatic heterocycles. The van der Waals surface area contributed by atoms with Crippen LogP contribution in [0.2, 0.25) is 0 Å². The van der Waals surface area contributed by atoms with Crippen molar-refractivity contribution in [3.8, 4) is 0 Å². The quantitative estimate of drug-likeness (QED) is 0.886. The molecule has 3 heteroatoms. The summed E-state index contributed by atoms with van der Waals surface area (Å²) in [6.45, 7) is 2.15. The lowest BCUT2D eigenvalue weighted by Gasteiger charge is -2.14. The Morgan fingerprint density at radius 1 is 1.29 bits per heavy atom. The molecular formula is C14H16BrNS. The molecule has 0 aliphatic carbocycles. The number of nitrogens with one attached hydrogen (secondary N) is 1. The van der Waals surface area contributed by atoms with Crippen molar-refractivity contribution in [2.75, 3.05) is 7.05 Å². The Morgan fingerprint density at radius 2 is 2.00 bits per heavy atom. The molecule has 1 N–H and O–H groups in total. The minimum absolute atomic E-state index is 0.396. The topological polar surface area (TPSA) is 12.0 Å². The van der Waals surface area contributed by atoms with Crippen molar-refractivity contribution in [3.63, 3.8) is 0 Å². The van der Waals surface area contributed by atoms with Crippen LogP contribution in [0.4, 0.5) is 0 Å². The molecule has 90 valence electrons. The number of likely N-dealkylation sites (N-methyl/N-ethyl adjacent to an activating group) is 1. The van der Waals surface area contributed by atoms with Crippen LogP contribution in [0.1, 0.15) is 21.4 Å². The van der Waals surface area contributed by atoms with Gasteiger partial charge in [0.15, 0.2) is 0 Å². The molecule has 17 heavy (non-hydrogen) atoms. The van der Waals surface area contributed by atoms with Gasteiger partial charge >= 0.3 is 0 Å². The number of hydrogen-bond acceptors (Lipinski definition) is 2. The summed E-state index contributed by atoms with van der Waals surface area (Å²) in [6.07, 6.45) is 1.03. The van der Waals surface area contributed by atoms with E-state index in [0.29, 0.717) is 6.04 Å². The van der Waals surface area contributed by atoms with Crippen LogP contribution in [0.5, 0.6) is 0 Å². The second-order valence-electron chi connectivity index (χ2n) is 4.08. The van der Waals surface area contributed by atoms with Gasteiger partial charge in [0.05, 0.1) is 0 Å². The third-order valence-corrected chi connectivity index (χ3v) is 5.10. The van der Waals surface area contributed by atoms with Crippen LogP contribution in [-0.4, -0.2) is 7.05 Å². The molecule has 1 atom stereocenters. The standard InChI is InChI=1S/C14H16BrNS/c1-10-12(15)9-14(17-10)13(16-2)8-11-6-4-3-5-7-11/h3-7,9,13,16H,8H2,1-2H3. The summed E-state index contributed by atoms with van der Waals surface area (Å²) in [4.78, 5) is 2.73. The maximum atomic E-state index is 3.58. The average Bonchev–Trinajstić information content (AvgIpc) is 2.68. The Labute approximate surface area is 115 Å². The van der Waals surface area contributed by atoms with E-state index in [2.05, 4.69) is 64.6 Å². The third kappa shape index (κ3) is 3.18. The fraction of sp³-hybridized carbons (Fsp3) is 0.286. The highest BCUT2D eigenvalue weighted by molar-refractivity contribution is 9.10. The van der Waals surface area contributed by atoms with Crippen LogP contribution in [0.25, 0.3) is 0 Å². The predicted molar refractivity (Wildman–Crippen MR) is 78.7 cm³/mol. The number of aryl methyl sites for hydroxylation is 1. The summed E-state index contributed by atoms with van der Waals surface area (Å²) in [5, 5.41) is 3.40. The molecule has 1 heterocycles. The zero-order valence-corrected chi connectivity index (χ0v) is 12.4. The van der Waals surface area contributed by atoms with Gasteiger partial charge in [0.1, 0.15) is 0 Å². The minimum atomic E-state index is 0.396. The maximum Gasteiger partial charge on any atom is 0.0453 e. The van der Waals surface area contributed by atoms with Crippen molar-refractivity contribution in [2.45, 2.75) is 19.4 Å². The predicted octanol–water partition coefficient (Wildman–Crippen LogP) is 4.32. The SMILES string of the molecule is CNC(Cc1ccccc1)c1cc(Br)c(C)s1. The normalized spacial score (nSPS) is 12.6. The highest BCUT2D eigenvalue weighted by Crippen LogP contribution is 2.31. The van der Waals surface area contributed by atoms with Crippen molar-refractivity contribution in [3.05, 3.63) is 56.2 Å². The molecule has 1 unspecified atom stereocenters. The summed E-state index contributed by atoms with van der Waals surface area (Å²) < 4.78 is 1.21. The molecule has 2 rings (SSSR count). The van der Waals surface area contributed by atoms with Crippen LogP contribution in [-0.2, 0) is 6.42 Å². The lowest BCUT2D eigenvalue weighted by Crippen LogP contribution is -2.17. The van der Waals surface area contributed by atoms with Crippen LogP contribution >= 0.6 is 27.3 Å². The summed E-state index contributed by atoms with van der Waals surface area (Å²) >= 11 is 5.44. The Kier molecular flexibility index (Phi) is 4.37. The smallest absolute Gasteiger partial charge is 0.0453 e. The van der Waals surface area contributed by atoms with E-state index in [0.717, 1.165) is 6.42 Å². The van der Waals surface area contributed by atoms with Crippen LogP contribution in [0.3, 0.4) is 0 Å². The summed E-state index contributed by atoms with van der Waals surface area (Å²) in [5.41, 5.74) is 1.37. The van der Waals surface area contributed by atoms with E-state index in [9.17, 15) is 0 Å². The molecule has 0 fully saturated rings. The first-order chi connectivity index (χ1) is 8.20. The number of halogens is 1. The molecule has 0 radical (unpaired) electrons. The Balaban J connectivity index is 2.17. The van der Waals surface area contributed by atoms with Gasteiger partial charge in [-0.25, -0.2) is 0 Å². The van der Waals surface area contributed by atoms with E-state index in [1.54, 1.807) is 0 Å². The lowest BCUT2D eigenvalue weighted by molar-refractivity contribution is 0.602. The fourth-order valence-corrected chi connectivity index (χ4v) is 3.52. The number of thiophene rings is 1. The van der Waals surface area contributed by atoms with E-state index in [-0.39, 0.29) is 0 Å². The molecule has 1 nitrogen and oxygen atoms in total. The molecule has 0 aliphatic rings. The van der Waals surface area contributed by atoms with Crippen molar-refractivity contribution < 1.29 is 0 Å². The van der Waals surface area contributed by atoms with Gasteiger partial charge in [-0.3, -0.25) is 0 Å². The van der Waals surface area contributed by atoms with Gasteiger partial charge in [-0.05, 0) is 48.0 Å². The van der Waals surface area contributed by atoms with Crippen LogP contribution in [0, 0.1) is 6.92 Å². The van der Waals surface area contributed by atoms with Crippen molar-refractivity contribution >= 4 is 27.3 Å². The first-order valence-corrected chi connectivity index (χ1v) is 7.28. The largest absolute Gasteiger partial charge is 0.312 e. The lowest BCUT2D eigenvalue weighted by atomic mass is 10.1. The number of benzene rings is 1. The Hall–Kier alpha value is -0.640. The molecular weight excluding hydrogens is 294 g/mol. The maximum absolute atomic E-state index is 3.58. The van der Waals surface area contributed by atoms with E-state index in [1.165, 1.54) is 19.8 Å². The molecule has 1 aromatic heterocycles. The first kappa shape index (κ1) is 12.8. The number of hydrogen-bond donors (Lipinski definition) is 1. The van der Waals surface area contributed by atoms with Crippen molar-refractivity contribution in [2.24, 2.45) is 0 Å². The van der Waals surface area contributed by atoms with Crippen LogP contribution < -0.4 is 5.32 Å². The van der Waals surface area contributed by atoms with Crippen LogP contribution in [0.15, 0.2) is 40.9 Å². The second-order valence-corrected chi connectivity index (χ2v) is 6.23. The van der Waals surface area contributed by atoms with Gasteiger partial charge in [0, 0.05) is 20.3 Å². The summed E-state index contributed by atoms with van der Waals surface area (Å²) in [5.74, 6) is 0. The van der Waals surface area contributed by atoms with Gasteiger partial charge in [-0.2, -0.15) is 0 Å². The molecule has 0 saturated heterocycles. The molecule has 0 amide bonds. The van der Waals surface area contributed by atoms with Crippen molar-refractivity contribution in [1.82, 2.24) is 5.32 Å². The average molecular weight is 310 g/mol. The highest BCUT2D eigenvalue weighted by Gasteiger charge is 2.13. The Bertz CT molecular complexity index is 459. The molecule has 0 saturated carbocycles. The third-order valence-electron chi connectivity index (χ3n) is 2.85. The van der Waals surface area contributed by atoms with E-state index in [1.807, 2.05) is 18.4 Å². The molecule has 2 aromatic rings. The molecule has 0 spiro atoms. The van der Waals surface area contributed by atoms with Gasteiger partial charge in [0.25, 0.3) is 0 Å². The van der Waals surface area contributed by atoms with E-state index < -0.39 is 0 Å². The second kappa shape index (κ2) is 5.80. The fourth-order valence-electron chi connectivity index (χ4n) is 1.85. The van der Waals surface area contributed by atoms with Gasteiger partial charge in [-0.1, -0.05) is 30.3 Å². The minimum Gasteiger partial charge on any atom is -0.312 e. The highest BCUT2D eigenvalue weighted by atomic mass is 79.9.